The zero-order chi connectivity index (χ0) is 18.8. The molecule has 0 nitrogen and oxygen atoms in total. The lowest BCUT2D eigenvalue weighted by Crippen LogP contribution is -2.15. The zero-order valence-electron chi connectivity index (χ0n) is 17.0. The van der Waals surface area contributed by atoms with E-state index in [9.17, 15) is 8.78 Å². The molecule has 26 heavy (non-hydrogen) atoms. The Bertz CT molecular complexity index is 515. The van der Waals surface area contributed by atoms with Crippen LogP contribution >= 0.6 is 0 Å². The van der Waals surface area contributed by atoms with E-state index in [1.807, 2.05) is 12.1 Å². The quantitative estimate of drug-likeness (QED) is 0.346. The zero-order valence-corrected chi connectivity index (χ0v) is 17.0. The predicted octanol–water partition coefficient (Wildman–Crippen LogP) is 8.33. The van der Waals surface area contributed by atoms with Gasteiger partial charge >= 0.3 is 0 Å². The van der Waals surface area contributed by atoms with Crippen molar-refractivity contribution in [1.29, 1.82) is 0 Å². The van der Waals surface area contributed by atoms with Crippen LogP contribution in [0.4, 0.5) is 8.78 Å². The van der Waals surface area contributed by atoms with Gasteiger partial charge in [-0.2, -0.15) is 0 Å². The van der Waals surface area contributed by atoms with Crippen molar-refractivity contribution < 1.29 is 8.78 Å². The number of benzene rings is 1. The van der Waals surface area contributed by atoms with E-state index in [0.717, 1.165) is 38.0 Å². The molecule has 2 rings (SSSR count). The molecule has 1 aromatic rings. The molecule has 1 saturated carbocycles. The fourth-order valence-electron chi connectivity index (χ4n) is 4.48. The molecule has 0 spiro atoms. The van der Waals surface area contributed by atoms with Gasteiger partial charge in [-0.3, -0.25) is 0 Å². The highest BCUT2D eigenvalue weighted by atomic mass is 19.2. The number of unbranched alkanes of at least 4 members (excludes halogenated alkanes) is 6. The summed E-state index contributed by atoms with van der Waals surface area (Å²) in [5, 5.41) is 0. The Morgan fingerprint density at radius 3 is 2.12 bits per heavy atom. The first-order chi connectivity index (χ1) is 12.7. The van der Waals surface area contributed by atoms with Crippen LogP contribution in [-0.2, 0) is 6.42 Å². The number of hydrogen-bond donors (Lipinski definition) is 0. The molecule has 148 valence electrons. The van der Waals surface area contributed by atoms with Gasteiger partial charge in [-0.1, -0.05) is 77.3 Å². The van der Waals surface area contributed by atoms with Gasteiger partial charge in [0, 0.05) is 0 Å². The van der Waals surface area contributed by atoms with E-state index >= 15 is 0 Å². The molecule has 1 fully saturated rings. The Morgan fingerprint density at radius 1 is 0.769 bits per heavy atom. The van der Waals surface area contributed by atoms with Gasteiger partial charge < -0.3 is 0 Å². The van der Waals surface area contributed by atoms with Crippen molar-refractivity contribution in [2.75, 3.05) is 0 Å². The molecule has 0 atom stereocenters. The monoisotopic (exact) mass is 364 g/mol. The molecule has 0 N–H and O–H groups in total. The second-order valence-corrected chi connectivity index (χ2v) is 8.32. The minimum atomic E-state index is -0.586. The Hall–Kier alpha value is -0.920. The molecule has 0 saturated heterocycles. The van der Waals surface area contributed by atoms with Gasteiger partial charge in [0.2, 0.25) is 0 Å². The molecule has 2 heteroatoms. The molecule has 0 unspecified atom stereocenters. The molecule has 0 amide bonds. The summed E-state index contributed by atoms with van der Waals surface area (Å²) < 4.78 is 29.0. The van der Waals surface area contributed by atoms with Gasteiger partial charge in [-0.05, 0) is 61.5 Å². The second kappa shape index (κ2) is 11.7. The average molecular weight is 365 g/mol. The summed E-state index contributed by atoms with van der Waals surface area (Å²) in [5.41, 5.74) is 1.18. The maximum absolute atomic E-state index is 14.6. The first-order valence-corrected chi connectivity index (χ1v) is 11.1. The summed E-state index contributed by atoms with van der Waals surface area (Å²) in [6, 6.07) is 3.71. The maximum atomic E-state index is 14.6. The number of hydrogen-bond acceptors (Lipinski definition) is 0. The average Bonchev–Trinajstić information content (AvgIpc) is 2.66. The Kier molecular flexibility index (Phi) is 9.64. The third kappa shape index (κ3) is 6.35. The molecule has 0 aromatic heterocycles. The topological polar surface area (TPSA) is 0 Å². The minimum absolute atomic E-state index is 0.213. The fraction of sp³-hybridized carbons (Fsp3) is 0.750. The number of halogens is 2. The SMILES string of the molecule is CCCCCCC[C@H]1CC[C@H](c2ccc(CCCCC)c(F)c2F)CC1. The van der Waals surface area contributed by atoms with E-state index in [0.29, 0.717) is 17.5 Å². The molecule has 1 aliphatic rings. The summed E-state index contributed by atoms with van der Waals surface area (Å²) in [5.74, 6) is -0.140. The van der Waals surface area contributed by atoms with Crippen LogP contribution in [0.5, 0.6) is 0 Å². The van der Waals surface area contributed by atoms with Gasteiger partial charge in [0.15, 0.2) is 11.6 Å². The predicted molar refractivity (Wildman–Crippen MR) is 108 cm³/mol. The third-order valence-corrected chi connectivity index (χ3v) is 6.24. The van der Waals surface area contributed by atoms with E-state index in [1.165, 1.54) is 51.4 Å². The summed E-state index contributed by atoms with van der Waals surface area (Å²) in [7, 11) is 0. The van der Waals surface area contributed by atoms with E-state index in [-0.39, 0.29) is 5.92 Å². The Morgan fingerprint density at radius 2 is 1.42 bits per heavy atom. The summed E-state index contributed by atoms with van der Waals surface area (Å²) >= 11 is 0. The maximum Gasteiger partial charge on any atom is 0.162 e. The van der Waals surface area contributed by atoms with Crippen molar-refractivity contribution in [3.05, 3.63) is 34.9 Å². The largest absolute Gasteiger partial charge is 0.203 e. The van der Waals surface area contributed by atoms with Crippen molar-refractivity contribution in [3.63, 3.8) is 0 Å². The third-order valence-electron chi connectivity index (χ3n) is 6.24. The number of aryl methyl sites for hydroxylation is 1. The molecule has 0 aliphatic heterocycles. The first-order valence-electron chi connectivity index (χ1n) is 11.1. The van der Waals surface area contributed by atoms with Crippen LogP contribution in [0.2, 0.25) is 0 Å². The summed E-state index contributed by atoms with van der Waals surface area (Å²) in [6.45, 7) is 4.38. The molecule has 0 bridgehead atoms. The van der Waals surface area contributed by atoms with Gasteiger partial charge in [0.1, 0.15) is 0 Å². The van der Waals surface area contributed by atoms with Gasteiger partial charge in [-0.25, -0.2) is 8.78 Å². The first kappa shape index (κ1) is 21.4. The van der Waals surface area contributed by atoms with E-state index in [4.69, 9.17) is 0 Å². The normalized spacial score (nSPS) is 20.5. The molecule has 0 radical (unpaired) electrons. The highest BCUT2D eigenvalue weighted by molar-refractivity contribution is 5.29. The fourth-order valence-corrected chi connectivity index (χ4v) is 4.48. The summed E-state index contributed by atoms with van der Waals surface area (Å²) in [6.07, 6.45) is 16.2. The van der Waals surface area contributed by atoms with Crippen LogP contribution in [0.1, 0.15) is 114 Å². The van der Waals surface area contributed by atoms with E-state index in [1.54, 1.807) is 0 Å². The molecular weight excluding hydrogens is 326 g/mol. The number of rotatable bonds is 11. The molecule has 1 aromatic carbocycles. The highest BCUT2D eigenvalue weighted by Gasteiger charge is 2.26. The van der Waals surface area contributed by atoms with Gasteiger partial charge in [-0.15, -0.1) is 0 Å². The van der Waals surface area contributed by atoms with Crippen LogP contribution < -0.4 is 0 Å². The standard InChI is InChI=1S/C24H38F2/c1-3-5-7-8-10-11-19-13-15-20(16-14-19)22-18-17-21(12-9-6-4-2)23(25)24(22)26/h17-20H,3-16H2,1-2H3/t19-,20-. The Labute approximate surface area is 159 Å². The van der Waals surface area contributed by atoms with Crippen molar-refractivity contribution in [1.82, 2.24) is 0 Å². The summed E-state index contributed by atoms with van der Waals surface area (Å²) in [4.78, 5) is 0. The van der Waals surface area contributed by atoms with Crippen molar-refractivity contribution in [3.8, 4) is 0 Å². The van der Waals surface area contributed by atoms with Crippen LogP contribution in [0.25, 0.3) is 0 Å². The van der Waals surface area contributed by atoms with Crippen molar-refractivity contribution in [2.45, 2.75) is 110 Å². The molecule has 0 heterocycles. The van der Waals surface area contributed by atoms with E-state index < -0.39 is 11.6 Å². The Balaban J connectivity index is 1.82. The van der Waals surface area contributed by atoms with E-state index in [2.05, 4.69) is 13.8 Å². The van der Waals surface area contributed by atoms with Crippen molar-refractivity contribution >= 4 is 0 Å². The van der Waals surface area contributed by atoms with Crippen LogP contribution in [0.15, 0.2) is 12.1 Å². The van der Waals surface area contributed by atoms with Gasteiger partial charge in [0.25, 0.3) is 0 Å². The van der Waals surface area contributed by atoms with Crippen LogP contribution in [0.3, 0.4) is 0 Å². The lowest BCUT2D eigenvalue weighted by atomic mass is 9.76. The highest BCUT2D eigenvalue weighted by Crippen LogP contribution is 2.39. The van der Waals surface area contributed by atoms with Gasteiger partial charge in [0.05, 0.1) is 0 Å². The smallest absolute Gasteiger partial charge is 0.162 e. The van der Waals surface area contributed by atoms with Crippen LogP contribution in [0, 0.1) is 17.6 Å². The second-order valence-electron chi connectivity index (χ2n) is 8.32. The lowest BCUT2D eigenvalue weighted by molar-refractivity contribution is 0.297. The van der Waals surface area contributed by atoms with Crippen LogP contribution in [-0.4, -0.2) is 0 Å². The molecular formula is C24H38F2. The minimum Gasteiger partial charge on any atom is -0.203 e. The van der Waals surface area contributed by atoms with Crippen molar-refractivity contribution in [2.24, 2.45) is 5.92 Å². The lowest BCUT2D eigenvalue weighted by Gasteiger charge is -2.29. The molecule has 1 aliphatic carbocycles.